The number of aryl methyl sites for hydroxylation is 1. The number of hydrogen-bond acceptors (Lipinski definition) is 5. The molecule has 1 aromatic carbocycles. The molecule has 0 bridgehead atoms. The standard InChI is InChI=1S/C16H16FN5/c1-11-7-15(20-10-19-11)21-13-5-6-22(9-13)16-12(8-18)3-2-4-14(16)17/h2-4,7,10,13H,5-6,9H2,1H3,(H,19,20,21). The fourth-order valence-electron chi connectivity index (χ4n) is 2.75. The minimum absolute atomic E-state index is 0.167. The molecule has 0 radical (unpaired) electrons. The van der Waals surface area contributed by atoms with E-state index in [0.717, 1.165) is 17.9 Å². The van der Waals surface area contributed by atoms with Crippen molar-refractivity contribution in [1.82, 2.24) is 9.97 Å². The van der Waals surface area contributed by atoms with Gasteiger partial charge < -0.3 is 10.2 Å². The van der Waals surface area contributed by atoms with E-state index in [1.165, 1.54) is 12.4 Å². The second-order valence-corrected chi connectivity index (χ2v) is 5.37. The van der Waals surface area contributed by atoms with E-state index >= 15 is 0 Å². The Kier molecular flexibility index (Phi) is 3.88. The SMILES string of the molecule is Cc1cc(NC2CCN(c3c(F)cccc3C#N)C2)ncn1. The van der Waals surface area contributed by atoms with E-state index in [1.807, 2.05) is 17.9 Å². The first kappa shape index (κ1) is 14.3. The summed E-state index contributed by atoms with van der Waals surface area (Å²) in [5.41, 5.74) is 1.67. The van der Waals surface area contributed by atoms with Gasteiger partial charge in [-0.1, -0.05) is 6.07 Å². The summed E-state index contributed by atoms with van der Waals surface area (Å²) in [5, 5.41) is 12.5. The molecule has 1 fully saturated rings. The van der Waals surface area contributed by atoms with Gasteiger partial charge in [-0.2, -0.15) is 5.26 Å². The lowest BCUT2D eigenvalue weighted by Gasteiger charge is -2.21. The zero-order valence-corrected chi connectivity index (χ0v) is 12.3. The monoisotopic (exact) mass is 297 g/mol. The van der Waals surface area contributed by atoms with Crippen molar-refractivity contribution in [1.29, 1.82) is 5.26 Å². The van der Waals surface area contributed by atoms with E-state index < -0.39 is 0 Å². The van der Waals surface area contributed by atoms with Crippen LogP contribution in [0.25, 0.3) is 0 Å². The van der Waals surface area contributed by atoms with Gasteiger partial charge in [0.25, 0.3) is 0 Å². The molecule has 1 saturated heterocycles. The predicted octanol–water partition coefficient (Wildman–Crippen LogP) is 2.49. The Labute approximate surface area is 128 Å². The molecule has 22 heavy (non-hydrogen) atoms. The highest BCUT2D eigenvalue weighted by molar-refractivity contribution is 5.61. The maximum Gasteiger partial charge on any atom is 0.147 e. The van der Waals surface area contributed by atoms with Crippen molar-refractivity contribution in [3.63, 3.8) is 0 Å². The third kappa shape index (κ3) is 2.84. The molecule has 1 unspecified atom stereocenters. The average Bonchev–Trinajstić information content (AvgIpc) is 2.95. The molecule has 0 spiro atoms. The molecule has 1 aliphatic heterocycles. The Bertz CT molecular complexity index is 725. The van der Waals surface area contributed by atoms with Crippen LogP contribution in [0, 0.1) is 24.1 Å². The Morgan fingerprint density at radius 3 is 3.05 bits per heavy atom. The van der Waals surface area contributed by atoms with Gasteiger partial charge in [0.2, 0.25) is 0 Å². The lowest BCUT2D eigenvalue weighted by atomic mass is 10.1. The number of hydrogen-bond donors (Lipinski definition) is 1. The van der Waals surface area contributed by atoms with E-state index in [-0.39, 0.29) is 11.9 Å². The predicted molar refractivity (Wildman–Crippen MR) is 82.1 cm³/mol. The Morgan fingerprint density at radius 1 is 1.41 bits per heavy atom. The van der Waals surface area contributed by atoms with E-state index in [1.54, 1.807) is 12.1 Å². The molecule has 0 aliphatic carbocycles. The number of aromatic nitrogens is 2. The minimum Gasteiger partial charge on any atom is -0.366 e. The maximum atomic E-state index is 14.1. The van der Waals surface area contributed by atoms with Gasteiger partial charge in [0, 0.05) is 30.9 Å². The van der Waals surface area contributed by atoms with Gasteiger partial charge in [-0.05, 0) is 25.5 Å². The summed E-state index contributed by atoms with van der Waals surface area (Å²) in [6.45, 7) is 3.25. The first-order valence-electron chi connectivity index (χ1n) is 7.16. The first-order chi connectivity index (χ1) is 10.7. The summed E-state index contributed by atoms with van der Waals surface area (Å²) in [6.07, 6.45) is 2.39. The molecular formula is C16H16FN5. The van der Waals surface area contributed by atoms with Crippen LogP contribution in [0.1, 0.15) is 17.7 Å². The number of anilines is 2. The van der Waals surface area contributed by atoms with Crippen LogP contribution in [-0.4, -0.2) is 29.1 Å². The number of nitrogens with one attached hydrogen (secondary N) is 1. The van der Waals surface area contributed by atoms with Crippen LogP contribution in [0.3, 0.4) is 0 Å². The van der Waals surface area contributed by atoms with Gasteiger partial charge in [-0.15, -0.1) is 0 Å². The summed E-state index contributed by atoms with van der Waals surface area (Å²) in [7, 11) is 0. The lowest BCUT2D eigenvalue weighted by molar-refractivity contribution is 0.622. The lowest BCUT2D eigenvalue weighted by Crippen LogP contribution is -2.27. The van der Waals surface area contributed by atoms with Crippen molar-refractivity contribution in [3.05, 3.63) is 47.7 Å². The molecule has 5 nitrogen and oxygen atoms in total. The van der Waals surface area contributed by atoms with E-state index in [9.17, 15) is 4.39 Å². The molecule has 1 N–H and O–H groups in total. The Balaban J connectivity index is 1.74. The maximum absolute atomic E-state index is 14.1. The highest BCUT2D eigenvalue weighted by Crippen LogP contribution is 2.28. The summed E-state index contributed by atoms with van der Waals surface area (Å²) in [4.78, 5) is 10.2. The summed E-state index contributed by atoms with van der Waals surface area (Å²) < 4.78 is 14.1. The van der Waals surface area contributed by atoms with Crippen molar-refractivity contribution in [3.8, 4) is 6.07 Å². The quantitative estimate of drug-likeness (QED) is 0.943. The number of rotatable bonds is 3. The third-order valence-electron chi connectivity index (χ3n) is 3.77. The molecule has 1 aliphatic rings. The molecule has 2 heterocycles. The van der Waals surface area contributed by atoms with Crippen LogP contribution in [0.5, 0.6) is 0 Å². The van der Waals surface area contributed by atoms with Crippen LogP contribution in [-0.2, 0) is 0 Å². The molecule has 1 aromatic heterocycles. The summed E-state index contributed by atoms with van der Waals surface area (Å²) >= 11 is 0. The number of nitrogens with zero attached hydrogens (tertiary/aromatic N) is 4. The first-order valence-corrected chi connectivity index (χ1v) is 7.16. The molecule has 6 heteroatoms. The van der Waals surface area contributed by atoms with Crippen molar-refractivity contribution < 1.29 is 4.39 Å². The highest BCUT2D eigenvalue weighted by Gasteiger charge is 2.26. The Morgan fingerprint density at radius 2 is 2.27 bits per heavy atom. The minimum atomic E-state index is -0.349. The smallest absolute Gasteiger partial charge is 0.147 e. The molecule has 1 atom stereocenters. The molecule has 3 rings (SSSR count). The second-order valence-electron chi connectivity index (χ2n) is 5.37. The molecular weight excluding hydrogens is 281 g/mol. The van der Waals surface area contributed by atoms with Crippen LogP contribution >= 0.6 is 0 Å². The molecule has 112 valence electrons. The topological polar surface area (TPSA) is 64.8 Å². The van der Waals surface area contributed by atoms with E-state index in [2.05, 4.69) is 21.4 Å². The van der Waals surface area contributed by atoms with Gasteiger partial charge >= 0.3 is 0 Å². The normalized spacial score (nSPS) is 17.3. The van der Waals surface area contributed by atoms with Crippen LogP contribution in [0.15, 0.2) is 30.6 Å². The van der Waals surface area contributed by atoms with Gasteiger partial charge in [0.1, 0.15) is 24.0 Å². The number of nitriles is 1. The number of benzene rings is 1. The van der Waals surface area contributed by atoms with Crippen molar-refractivity contribution in [2.75, 3.05) is 23.3 Å². The fourth-order valence-corrected chi connectivity index (χ4v) is 2.75. The molecule has 0 amide bonds. The summed E-state index contributed by atoms with van der Waals surface area (Å²) in [5.74, 6) is 0.422. The van der Waals surface area contributed by atoms with Gasteiger partial charge in [-0.3, -0.25) is 0 Å². The zero-order chi connectivity index (χ0) is 15.5. The third-order valence-corrected chi connectivity index (χ3v) is 3.77. The van der Waals surface area contributed by atoms with E-state index in [0.29, 0.717) is 24.3 Å². The average molecular weight is 297 g/mol. The van der Waals surface area contributed by atoms with Crippen molar-refractivity contribution in [2.24, 2.45) is 0 Å². The second kappa shape index (κ2) is 5.98. The van der Waals surface area contributed by atoms with Crippen molar-refractivity contribution in [2.45, 2.75) is 19.4 Å². The summed E-state index contributed by atoms with van der Waals surface area (Å²) in [6, 6.07) is 8.71. The molecule has 2 aromatic rings. The van der Waals surface area contributed by atoms with Crippen LogP contribution < -0.4 is 10.2 Å². The van der Waals surface area contributed by atoms with Crippen LogP contribution in [0.2, 0.25) is 0 Å². The van der Waals surface area contributed by atoms with Gasteiger partial charge in [0.15, 0.2) is 0 Å². The highest BCUT2D eigenvalue weighted by atomic mass is 19.1. The largest absolute Gasteiger partial charge is 0.366 e. The number of halogens is 1. The number of para-hydroxylation sites is 1. The van der Waals surface area contributed by atoms with Gasteiger partial charge in [-0.25, -0.2) is 14.4 Å². The zero-order valence-electron chi connectivity index (χ0n) is 12.3. The van der Waals surface area contributed by atoms with Crippen LogP contribution in [0.4, 0.5) is 15.9 Å². The van der Waals surface area contributed by atoms with E-state index in [4.69, 9.17) is 5.26 Å². The van der Waals surface area contributed by atoms with Gasteiger partial charge in [0.05, 0.1) is 11.3 Å². The molecule has 0 saturated carbocycles. The van der Waals surface area contributed by atoms with Crippen molar-refractivity contribution >= 4 is 11.5 Å². The Hall–Kier alpha value is -2.68. The fraction of sp³-hybridized carbons (Fsp3) is 0.312.